The number of ether oxygens (including phenoxy) is 6. The molecule has 1 atom stereocenters. The van der Waals surface area contributed by atoms with Crippen LogP contribution in [0.4, 0.5) is 4.79 Å². The van der Waals surface area contributed by atoms with Gasteiger partial charge in [-0.2, -0.15) is 0 Å². The molecule has 348 valence electrons. The Morgan fingerprint density at radius 3 is 1.55 bits per heavy atom. The lowest BCUT2D eigenvalue weighted by Crippen LogP contribution is -2.28. The summed E-state index contributed by atoms with van der Waals surface area (Å²) in [5.41, 5.74) is 0. The third kappa shape index (κ3) is 40.5. The molecule has 10 nitrogen and oxygen atoms in total. The first-order valence-electron chi connectivity index (χ1n) is 24.1. The average Bonchev–Trinajstić information content (AvgIpc) is 3.25. The van der Waals surface area contributed by atoms with Gasteiger partial charge in [0.1, 0.15) is 19.8 Å². The number of rotatable bonds is 43. The van der Waals surface area contributed by atoms with Crippen LogP contribution in [0.1, 0.15) is 182 Å². The fraction of sp³-hybridized carbons (Fsp3) is 0.780. The second kappa shape index (κ2) is 45.6. The molecule has 0 rings (SSSR count). The summed E-state index contributed by atoms with van der Waals surface area (Å²) >= 11 is 0. The summed E-state index contributed by atoms with van der Waals surface area (Å²) in [5.74, 6) is -1.25. The van der Waals surface area contributed by atoms with Crippen molar-refractivity contribution in [2.45, 2.75) is 189 Å². The van der Waals surface area contributed by atoms with Crippen LogP contribution in [-0.2, 0) is 38.0 Å². The summed E-state index contributed by atoms with van der Waals surface area (Å²) in [4.78, 5) is 40.2. The lowest BCUT2D eigenvalue weighted by atomic mass is 10.1. The first-order chi connectivity index (χ1) is 29.4. The van der Waals surface area contributed by atoms with Gasteiger partial charge in [-0.3, -0.25) is 9.59 Å². The molecule has 0 aliphatic carbocycles. The molecule has 0 amide bonds. The predicted molar refractivity (Wildman–Crippen MR) is 246 cm³/mol. The molecule has 0 aromatic heterocycles. The highest BCUT2D eigenvalue weighted by atomic mass is 16.7. The molecule has 0 fully saturated rings. The number of hydrogen-bond donors (Lipinski definition) is 0. The zero-order valence-corrected chi connectivity index (χ0v) is 39.0. The van der Waals surface area contributed by atoms with Crippen LogP contribution in [-0.4, -0.2) is 88.6 Å². The van der Waals surface area contributed by atoms with Gasteiger partial charge in [0.05, 0.1) is 18.9 Å². The zero-order valence-electron chi connectivity index (χ0n) is 39.0. The quantitative estimate of drug-likeness (QED) is 0.0193. The van der Waals surface area contributed by atoms with Crippen molar-refractivity contribution >= 4 is 18.1 Å². The van der Waals surface area contributed by atoms with E-state index in [9.17, 15) is 14.4 Å². The van der Waals surface area contributed by atoms with Crippen molar-refractivity contribution in [2.75, 3.05) is 59.3 Å². The number of allylic oxidation sites excluding steroid dienone is 8. The highest BCUT2D eigenvalue weighted by Crippen LogP contribution is 2.13. The third-order valence-electron chi connectivity index (χ3n) is 9.99. The van der Waals surface area contributed by atoms with Gasteiger partial charge < -0.3 is 33.3 Å². The molecule has 0 radical (unpaired) electrons. The summed E-state index contributed by atoms with van der Waals surface area (Å²) in [6.07, 6.45) is 38.2. The van der Waals surface area contributed by atoms with Gasteiger partial charge >= 0.3 is 18.1 Å². The number of hydrogen-bond acceptors (Lipinski definition) is 10. The van der Waals surface area contributed by atoms with E-state index in [1.165, 1.54) is 25.7 Å². The minimum atomic E-state index is -0.790. The topological polar surface area (TPSA) is 110 Å². The van der Waals surface area contributed by atoms with Crippen LogP contribution in [0.25, 0.3) is 0 Å². The maximum absolute atomic E-state index is 12.9. The Hall–Kier alpha value is -2.95. The van der Waals surface area contributed by atoms with Crippen molar-refractivity contribution in [3.8, 4) is 0 Å². The van der Waals surface area contributed by atoms with E-state index in [-0.39, 0.29) is 38.8 Å². The molecule has 0 aromatic rings. The van der Waals surface area contributed by atoms with Crippen LogP contribution < -0.4 is 0 Å². The van der Waals surface area contributed by atoms with E-state index in [0.717, 1.165) is 116 Å². The second-order valence-electron chi connectivity index (χ2n) is 15.5. The number of unbranched alkanes of at least 4 members (excludes halogenated alkanes) is 12. The van der Waals surface area contributed by atoms with Crippen LogP contribution in [0.15, 0.2) is 48.6 Å². The van der Waals surface area contributed by atoms with Crippen molar-refractivity contribution in [1.29, 1.82) is 0 Å². The number of esters is 2. The number of nitrogens with zero attached hydrogens (tertiary/aromatic N) is 1. The van der Waals surface area contributed by atoms with Crippen LogP contribution in [0, 0.1) is 5.92 Å². The molecule has 1 unspecified atom stereocenters. The van der Waals surface area contributed by atoms with Gasteiger partial charge in [0.15, 0.2) is 6.29 Å². The Bertz CT molecular complexity index is 1080. The van der Waals surface area contributed by atoms with E-state index in [1.54, 1.807) is 0 Å². The Kier molecular flexibility index (Phi) is 43.3. The smallest absolute Gasteiger partial charge is 0.465 e. The molecular weight excluding hydrogens is 759 g/mol. The van der Waals surface area contributed by atoms with Gasteiger partial charge in [0.2, 0.25) is 0 Å². The minimum Gasteiger partial charge on any atom is -0.465 e. The molecule has 0 aliphatic heterocycles. The van der Waals surface area contributed by atoms with Crippen LogP contribution in [0.2, 0.25) is 0 Å². The SMILES string of the molecule is CC/C=C\CCCCOC(CCC(=O)OCC(COC(=O)CCCCCCC/C=C\C/C=C\CCCCC)COC(=O)OCCCN(CC)CC)OCCCC/C=C\CC. The molecule has 60 heavy (non-hydrogen) atoms. The van der Waals surface area contributed by atoms with E-state index in [2.05, 4.69) is 88.1 Å². The van der Waals surface area contributed by atoms with E-state index in [0.29, 0.717) is 32.5 Å². The minimum absolute atomic E-state index is 0.0304. The van der Waals surface area contributed by atoms with Crippen molar-refractivity contribution in [3.63, 3.8) is 0 Å². The summed E-state index contributed by atoms with van der Waals surface area (Å²) in [5, 5.41) is 0. The number of carbonyl (C=O) groups excluding carboxylic acids is 3. The second-order valence-corrected chi connectivity index (χ2v) is 15.5. The van der Waals surface area contributed by atoms with E-state index < -0.39 is 24.3 Å². The fourth-order valence-electron chi connectivity index (χ4n) is 6.18. The highest BCUT2D eigenvalue weighted by molar-refractivity contribution is 5.69. The molecule has 0 heterocycles. The lowest BCUT2D eigenvalue weighted by Gasteiger charge is -2.20. The van der Waals surface area contributed by atoms with Crippen molar-refractivity contribution in [1.82, 2.24) is 4.90 Å². The van der Waals surface area contributed by atoms with Gasteiger partial charge in [-0.25, -0.2) is 4.79 Å². The Morgan fingerprint density at radius 1 is 0.483 bits per heavy atom. The Balaban J connectivity index is 4.87. The first kappa shape index (κ1) is 57.1. The van der Waals surface area contributed by atoms with E-state index >= 15 is 0 Å². The Labute approximate surface area is 367 Å². The predicted octanol–water partition coefficient (Wildman–Crippen LogP) is 12.8. The normalized spacial score (nSPS) is 12.5. The molecule has 10 heteroatoms. The number of carbonyl (C=O) groups is 3. The third-order valence-corrected chi connectivity index (χ3v) is 9.99. The molecular formula is C50H89NO9. The highest BCUT2D eigenvalue weighted by Gasteiger charge is 2.20. The maximum Gasteiger partial charge on any atom is 0.508 e. The van der Waals surface area contributed by atoms with Gasteiger partial charge in [0.25, 0.3) is 0 Å². The van der Waals surface area contributed by atoms with Crippen LogP contribution in [0.5, 0.6) is 0 Å². The van der Waals surface area contributed by atoms with Gasteiger partial charge in [-0.05, 0) is 109 Å². The van der Waals surface area contributed by atoms with Crippen molar-refractivity contribution in [3.05, 3.63) is 48.6 Å². The monoisotopic (exact) mass is 848 g/mol. The molecule has 0 bridgehead atoms. The van der Waals surface area contributed by atoms with Crippen molar-refractivity contribution in [2.24, 2.45) is 5.92 Å². The molecule has 0 saturated carbocycles. The summed E-state index contributed by atoms with van der Waals surface area (Å²) in [6, 6.07) is 0. The van der Waals surface area contributed by atoms with Crippen LogP contribution >= 0.6 is 0 Å². The first-order valence-corrected chi connectivity index (χ1v) is 24.1. The summed E-state index contributed by atoms with van der Waals surface area (Å²) in [6.45, 7) is 14.5. The van der Waals surface area contributed by atoms with E-state index in [4.69, 9.17) is 28.4 Å². The van der Waals surface area contributed by atoms with Gasteiger partial charge in [-0.15, -0.1) is 0 Å². The summed E-state index contributed by atoms with van der Waals surface area (Å²) in [7, 11) is 0. The fourth-order valence-corrected chi connectivity index (χ4v) is 6.18. The van der Waals surface area contributed by atoms with Gasteiger partial charge in [-0.1, -0.05) is 115 Å². The van der Waals surface area contributed by atoms with Gasteiger partial charge in [0, 0.05) is 32.6 Å². The largest absolute Gasteiger partial charge is 0.508 e. The summed E-state index contributed by atoms with van der Waals surface area (Å²) < 4.78 is 33.9. The molecule has 0 N–H and O–H groups in total. The molecule has 0 aliphatic rings. The lowest BCUT2D eigenvalue weighted by molar-refractivity contribution is -0.161. The van der Waals surface area contributed by atoms with E-state index in [1.807, 2.05) is 0 Å². The molecule has 0 saturated heterocycles. The molecule has 0 aromatic carbocycles. The molecule has 0 spiro atoms. The standard InChI is InChI=1S/C50H89NO9/c1-6-11-14-17-20-21-22-23-24-25-26-27-28-29-32-36-47(52)58-43-46(45-60-50(54)57-42-35-39-51(9-4)10-5)44-59-48(53)37-38-49(55-40-33-30-18-15-12-7-2)56-41-34-31-19-16-13-8-3/h12-13,15-16,20-21,23-24,46,49H,6-11,14,17-19,22,25-45H2,1-5H3/b15-12-,16-13-,21-20-,24-23-. The Morgan fingerprint density at radius 2 is 0.983 bits per heavy atom. The average molecular weight is 848 g/mol. The maximum atomic E-state index is 12.9. The van der Waals surface area contributed by atoms with Crippen molar-refractivity contribution < 1.29 is 42.8 Å². The van der Waals surface area contributed by atoms with Crippen LogP contribution in [0.3, 0.4) is 0 Å². The zero-order chi connectivity index (χ0) is 44.0.